The molecule has 116 valence electrons. The minimum atomic E-state index is -0.332. The van der Waals surface area contributed by atoms with Crippen LogP contribution in [-0.4, -0.2) is 43.0 Å². The number of benzene rings is 1. The third-order valence-corrected chi connectivity index (χ3v) is 5.18. The van der Waals surface area contributed by atoms with Gasteiger partial charge in [-0.25, -0.2) is 0 Å². The van der Waals surface area contributed by atoms with Gasteiger partial charge >= 0.3 is 0 Å². The summed E-state index contributed by atoms with van der Waals surface area (Å²) < 4.78 is 5.66. The predicted octanol–water partition coefficient (Wildman–Crippen LogP) is 1.84. The van der Waals surface area contributed by atoms with Crippen LogP contribution in [0, 0.1) is 0 Å². The van der Waals surface area contributed by atoms with Crippen molar-refractivity contribution >= 4 is 30.1 Å². The van der Waals surface area contributed by atoms with Crippen LogP contribution in [0.3, 0.4) is 0 Å². The van der Waals surface area contributed by atoms with Crippen molar-refractivity contribution in [3.63, 3.8) is 0 Å². The second-order valence-electron chi connectivity index (χ2n) is 5.38. The van der Waals surface area contributed by atoms with Crippen LogP contribution in [0.5, 0.6) is 0 Å². The summed E-state index contributed by atoms with van der Waals surface area (Å²) in [6.07, 6.45) is 1.99. The molecule has 1 atom stereocenters. The Morgan fingerprint density at radius 2 is 2.14 bits per heavy atom. The Hall–Kier alpha value is -0.750. The monoisotopic (exact) mass is 328 g/mol. The molecule has 6 heteroatoms. The van der Waals surface area contributed by atoms with Gasteiger partial charge in [0.25, 0.3) is 5.91 Å². The Kier molecular flexibility index (Phi) is 5.93. The SMILES string of the molecule is Cl.O=C(NCC1(Sc2ccccc2)CC1)C1CNCCO1. The molecule has 3 rings (SSSR count). The van der Waals surface area contributed by atoms with Crippen molar-refractivity contribution in [2.24, 2.45) is 0 Å². The third-order valence-electron chi connectivity index (χ3n) is 3.69. The molecule has 1 aromatic rings. The standard InChI is InChI=1S/C15H20N2O2S.ClH/c18-14(13-10-16-8-9-19-13)17-11-15(6-7-15)20-12-4-2-1-3-5-12;/h1-5,13,16H,6-11H2,(H,17,18);1H. The first-order valence-corrected chi connectivity index (χ1v) is 7.93. The maximum atomic E-state index is 12.0. The summed E-state index contributed by atoms with van der Waals surface area (Å²) in [5.41, 5.74) is 0. The molecule has 2 aliphatic rings. The van der Waals surface area contributed by atoms with Crippen molar-refractivity contribution in [3.8, 4) is 0 Å². The molecule has 1 aliphatic heterocycles. The molecule has 1 unspecified atom stereocenters. The zero-order chi connectivity index (χ0) is 13.8. The lowest BCUT2D eigenvalue weighted by molar-refractivity contribution is -0.134. The molecule has 1 amide bonds. The summed E-state index contributed by atoms with van der Waals surface area (Å²) >= 11 is 1.87. The van der Waals surface area contributed by atoms with Gasteiger partial charge in [-0.05, 0) is 25.0 Å². The minimum absolute atomic E-state index is 0. The van der Waals surface area contributed by atoms with Gasteiger partial charge in [0, 0.05) is 29.3 Å². The van der Waals surface area contributed by atoms with Gasteiger partial charge in [0.15, 0.2) is 0 Å². The van der Waals surface area contributed by atoms with E-state index in [0.717, 1.165) is 25.9 Å². The lowest BCUT2D eigenvalue weighted by Gasteiger charge is -2.24. The Labute approximate surface area is 135 Å². The molecule has 21 heavy (non-hydrogen) atoms. The van der Waals surface area contributed by atoms with Crippen LogP contribution in [-0.2, 0) is 9.53 Å². The molecule has 1 aromatic carbocycles. The van der Waals surface area contributed by atoms with Gasteiger partial charge in [-0.3, -0.25) is 4.79 Å². The molecule has 4 nitrogen and oxygen atoms in total. The lowest BCUT2D eigenvalue weighted by Crippen LogP contribution is -2.49. The highest BCUT2D eigenvalue weighted by molar-refractivity contribution is 8.01. The van der Waals surface area contributed by atoms with Crippen LogP contribution >= 0.6 is 24.2 Å². The summed E-state index contributed by atoms with van der Waals surface area (Å²) in [5, 5.41) is 6.23. The van der Waals surface area contributed by atoms with E-state index in [1.54, 1.807) is 0 Å². The van der Waals surface area contributed by atoms with Crippen molar-refractivity contribution < 1.29 is 9.53 Å². The number of carbonyl (C=O) groups excluding carboxylic acids is 1. The average molecular weight is 329 g/mol. The highest BCUT2D eigenvalue weighted by atomic mass is 35.5. The number of halogens is 1. The number of thioether (sulfide) groups is 1. The molecule has 1 saturated carbocycles. The molecule has 2 N–H and O–H groups in total. The number of amides is 1. The number of rotatable bonds is 5. The molecular formula is C15H21ClN2O2S. The topological polar surface area (TPSA) is 50.4 Å². The summed E-state index contributed by atoms with van der Waals surface area (Å²) in [5.74, 6) is 0.0112. The predicted molar refractivity (Wildman–Crippen MR) is 87.1 cm³/mol. The van der Waals surface area contributed by atoms with Crippen LogP contribution in [0.15, 0.2) is 35.2 Å². The Balaban J connectivity index is 0.00000161. The van der Waals surface area contributed by atoms with Crippen LogP contribution in [0.1, 0.15) is 12.8 Å². The van der Waals surface area contributed by atoms with Crippen molar-refractivity contribution in [3.05, 3.63) is 30.3 Å². The zero-order valence-corrected chi connectivity index (χ0v) is 13.5. The quantitative estimate of drug-likeness (QED) is 0.866. The number of morpholine rings is 1. The van der Waals surface area contributed by atoms with Gasteiger partial charge in [-0.2, -0.15) is 0 Å². The summed E-state index contributed by atoms with van der Waals surface area (Å²) in [7, 11) is 0. The van der Waals surface area contributed by atoms with Gasteiger partial charge in [0.05, 0.1) is 6.61 Å². The first-order chi connectivity index (χ1) is 9.77. The maximum absolute atomic E-state index is 12.0. The fourth-order valence-corrected chi connectivity index (χ4v) is 3.53. The molecule has 0 bridgehead atoms. The van der Waals surface area contributed by atoms with Gasteiger partial charge < -0.3 is 15.4 Å². The minimum Gasteiger partial charge on any atom is -0.366 e. The van der Waals surface area contributed by atoms with Crippen LogP contribution < -0.4 is 10.6 Å². The zero-order valence-electron chi connectivity index (χ0n) is 11.8. The number of hydrogen-bond donors (Lipinski definition) is 2. The molecular weight excluding hydrogens is 308 g/mol. The molecule has 2 fully saturated rings. The molecule has 0 radical (unpaired) electrons. The van der Waals surface area contributed by atoms with E-state index in [2.05, 4.69) is 34.9 Å². The van der Waals surface area contributed by atoms with E-state index < -0.39 is 0 Å². The van der Waals surface area contributed by atoms with Gasteiger partial charge in [-0.1, -0.05) is 18.2 Å². The van der Waals surface area contributed by atoms with Crippen LogP contribution in [0.4, 0.5) is 0 Å². The van der Waals surface area contributed by atoms with Gasteiger partial charge in [-0.15, -0.1) is 24.2 Å². The largest absolute Gasteiger partial charge is 0.366 e. The molecule has 1 heterocycles. The van der Waals surface area contributed by atoms with E-state index in [1.165, 1.54) is 4.90 Å². The molecule has 1 saturated heterocycles. The number of carbonyl (C=O) groups is 1. The van der Waals surface area contributed by atoms with Crippen LogP contribution in [0.2, 0.25) is 0 Å². The lowest BCUT2D eigenvalue weighted by atomic mass is 10.3. The van der Waals surface area contributed by atoms with Crippen molar-refractivity contribution in [1.82, 2.24) is 10.6 Å². The van der Waals surface area contributed by atoms with E-state index in [0.29, 0.717) is 13.2 Å². The second kappa shape index (κ2) is 7.49. The normalized spacial score (nSPS) is 23.0. The number of hydrogen-bond acceptors (Lipinski definition) is 4. The van der Waals surface area contributed by atoms with E-state index in [-0.39, 0.29) is 29.2 Å². The smallest absolute Gasteiger partial charge is 0.250 e. The number of nitrogens with one attached hydrogen (secondary N) is 2. The van der Waals surface area contributed by atoms with E-state index in [1.807, 2.05) is 17.8 Å². The molecule has 0 spiro atoms. The fourth-order valence-electron chi connectivity index (χ4n) is 2.29. The first-order valence-electron chi connectivity index (χ1n) is 7.12. The Bertz CT molecular complexity index is 462. The average Bonchev–Trinajstić information content (AvgIpc) is 3.27. The Morgan fingerprint density at radius 1 is 1.38 bits per heavy atom. The maximum Gasteiger partial charge on any atom is 0.250 e. The number of ether oxygens (including phenoxy) is 1. The van der Waals surface area contributed by atoms with Crippen molar-refractivity contribution in [2.75, 3.05) is 26.2 Å². The molecule has 0 aromatic heterocycles. The third kappa shape index (κ3) is 4.61. The highest BCUT2D eigenvalue weighted by Gasteiger charge is 2.44. The van der Waals surface area contributed by atoms with Crippen LogP contribution in [0.25, 0.3) is 0 Å². The second-order valence-corrected chi connectivity index (χ2v) is 6.92. The molecule has 1 aliphatic carbocycles. The van der Waals surface area contributed by atoms with Crippen molar-refractivity contribution in [2.45, 2.75) is 28.6 Å². The van der Waals surface area contributed by atoms with E-state index >= 15 is 0 Å². The van der Waals surface area contributed by atoms with Gasteiger partial charge in [0.2, 0.25) is 0 Å². The summed E-state index contributed by atoms with van der Waals surface area (Å²) in [4.78, 5) is 13.3. The Morgan fingerprint density at radius 3 is 2.76 bits per heavy atom. The highest BCUT2D eigenvalue weighted by Crippen LogP contribution is 2.51. The summed E-state index contributed by atoms with van der Waals surface area (Å²) in [6, 6.07) is 10.4. The van der Waals surface area contributed by atoms with Crippen molar-refractivity contribution in [1.29, 1.82) is 0 Å². The fraction of sp³-hybridized carbons (Fsp3) is 0.533. The van der Waals surface area contributed by atoms with E-state index in [9.17, 15) is 4.79 Å². The summed E-state index contributed by atoms with van der Waals surface area (Å²) in [6.45, 7) is 2.79. The van der Waals surface area contributed by atoms with E-state index in [4.69, 9.17) is 4.74 Å². The van der Waals surface area contributed by atoms with Gasteiger partial charge in [0.1, 0.15) is 6.10 Å². The first kappa shape index (κ1) is 16.6.